The smallest absolute Gasteiger partial charge is 0.229 e. The molecular formula is C17H25N3O2. The van der Waals surface area contributed by atoms with Gasteiger partial charge in [-0.2, -0.15) is 4.98 Å². The van der Waals surface area contributed by atoms with Crippen molar-refractivity contribution >= 4 is 5.91 Å². The van der Waals surface area contributed by atoms with E-state index in [9.17, 15) is 4.79 Å². The SMILES string of the molecule is CC(C)c1nc([C@H]2CCCN(C(=O)C[C@@H]3C=CCC3)C2)no1. The minimum absolute atomic E-state index is 0.216. The fourth-order valence-corrected chi connectivity index (χ4v) is 3.28. The van der Waals surface area contributed by atoms with Gasteiger partial charge in [-0.25, -0.2) is 0 Å². The van der Waals surface area contributed by atoms with Crippen LogP contribution in [0.2, 0.25) is 0 Å². The van der Waals surface area contributed by atoms with Gasteiger partial charge < -0.3 is 9.42 Å². The molecule has 1 aromatic rings. The van der Waals surface area contributed by atoms with E-state index >= 15 is 0 Å². The summed E-state index contributed by atoms with van der Waals surface area (Å²) in [4.78, 5) is 19.0. The summed E-state index contributed by atoms with van der Waals surface area (Å²) >= 11 is 0. The highest BCUT2D eigenvalue weighted by atomic mass is 16.5. The second-order valence-corrected chi connectivity index (χ2v) is 6.79. The van der Waals surface area contributed by atoms with Crippen LogP contribution < -0.4 is 0 Å². The minimum atomic E-state index is 0.216. The Kier molecular flexibility index (Phi) is 4.60. The first-order chi connectivity index (χ1) is 10.6. The van der Waals surface area contributed by atoms with Crippen LogP contribution in [0.1, 0.15) is 69.5 Å². The van der Waals surface area contributed by atoms with E-state index in [4.69, 9.17) is 4.52 Å². The van der Waals surface area contributed by atoms with Crippen molar-refractivity contribution in [3.8, 4) is 0 Å². The zero-order valence-electron chi connectivity index (χ0n) is 13.5. The maximum atomic E-state index is 12.5. The Morgan fingerprint density at radius 3 is 3.00 bits per heavy atom. The molecule has 0 N–H and O–H groups in total. The van der Waals surface area contributed by atoms with Crippen molar-refractivity contribution in [3.63, 3.8) is 0 Å². The van der Waals surface area contributed by atoms with Gasteiger partial charge in [-0.1, -0.05) is 31.2 Å². The first-order valence-electron chi connectivity index (χ1n) is 8.41. The van der Waals surface area contributed by atoms with Gasteiger partial charge in [0.1, 0.15) is 0 Å². The molecule has 1 fully saturated rings. The molecule has 2 atom stereocenters. The van der Waals surface area contributed by atoms with Crippen LogP contribution in [0.5, 0.6) is 0 Å². The van der Waals surface area contributed by atoms with Crippen LogP contribution in [0, 0.1) is 5.92 Å². The highest BCUT2D eigenvalue weighted by Gasteiger charge is 2.29. The summed E-state index contributed by atoms with van der Waals surface area (Å²) in [5.74, 6) is 2.63. The largest absolute Gasteiger partial charge is 0.342 e. The minimum Gasteiger partial charge on any atom is -0.342 e. The van der Waals surface area contributed by atoms with E-state index in [1.165, 1.54) is 0 Å². The fourth-order valence-electron chi connectivity index (χ4n) is 3.28. The molecule has 2 aliphatic rings. The molecule has 5 heteroatoms. The van der Waals surface area contributed by atoms with E-state index in [2.05, 4.69) is 22.3 Å². The number of carbonyl (C=O) groups is 1. The van der Waals surface area contributed by atoms with Crippen LogP contribution >= 0.6 is 0 Å². The van der Waals surface area contributed by atoms with Gasteiger partial charge in [0.2, 0.25) is 11.8 Å². The van der Waals surface area contributed by atoms with E-state index in [0.29, 0.717) is 18.2 Å². The Morgan fingerprint density at radius 2 is 2.32 bits per heavy atom. The summed E-state index contributed by atoms with van der Waals surface area (Å²) in [5, 5.41) is 4.12. The molecule has 1 aliphatic carbocycles. The second kappa shape index (κ2) is 6.63. The summed E-state index contributed by atoms with van der Waals surface area (Å²) in [6.07, 6.45) is 9.30. The lowest BCUT2D eigenvalue weighted by Gasteiger charge is -2.32. The number of amides is 1. The number of hydrogen-bond acceptors (Lipinski definition) is 4. The molecule has 5 nitrogen and oxygen atoms in total. The van der Waals surface area contributed by atoms with Gasteiger partial charge in [0.15, 0.2) is 5.82 Å². The number of aromatic nitrogens is 2. The van der Waals surface area contributed by atoms with Crippen LogP contribution in [-0.2, 0) is 4.79 Å². The van der Waals surface area contributed by atoms with Crippen molar-refractivity contribution in [1.82, 2.24) is 15.0 Å². The zero-order valence-corrected chi connectivity index (χ0v) is 13.5. The van der Waals surface area contributed by atoms with Crippen molar-refractivity contribution in [1.29, 1.82) is 0 Å². The summed E-state index contributed by atoms with van der Waals surface area (Å²) in [6, 6.07) is 0. The van der Waals surface area contributed by atoms with Crippen molar-refractivity contribution in [3.05, 3.63) is 23.9 Å². The Morgan fingerprint density at radius 1 is 1.45 bits per heavy atom. The van der Waals surface area contributed by atoms with Gasteiger partial charge in [0.05, 0.1) is 0 Å². The fraction of sp³-hybridized carbons (Fsp3) is 0.706. The number of nitrogens with zero attached hydrogens (tertiary/aromatic N) is 3. The van der Waals surface area contributed by atoms with Crippen LogP contribution in [0.3, 0.4) is 0 Å². The van der Waals surface area contributed by atoms with E-state index in [0.717, 1.165) is 44.6 Å². The molecule has 0 radical (unpaired) electrons. The molecule has 0 unspecified atom stereocenters. The van der Waals surface area contributed by atoms with Crippen molar-refractivity contribution < 1.29 is 9.32 Å². The van der Waals surface area contributed by atoms with E-state index in [1.54, 1.807) is 0 Å². The highest BCUT2D eigenvalue weighted by molar-refractivity contribution is 5.77. The average Bonchev–Trinajstić information content (AvgIpc) is 3.18. The second-order valence-electron chi connectivity index (χ2n) is 6.79. The van der Waals surface area contributed by atoms with Gasteiger partial charge >= 0.3 is 0 Å². The van der Waals surface area contributed by atoms with Crippen molar-refractivity contribution in [2.24, 2.45) is 5.92 Å². The molecule has 0 saturated carbocycles. The number of rotatable bonds is 4. The molecule has 3 rings (SSSR count). The van der Waals surface area contributed by atoms with Gasteiger partial charge in [-0.15, -0.1) is 0 Å². The topological polar surface area (TPSA) is 59.2 Å². The third-order valence-electron chi connectivity index (χ3n) is 4.64. The monoisotopic (exact) mass is 303 g/mol. The molecule has 1 amide bonds. The van der Waals surface area contributed by atoms with E-state index in [-0.39, 0.29) is 17.7 Å². The Bertz CT molecular complexity index is 550. The Labute approximate surface area is 131 Å². The molecule has 22 heavy (non-hydrogen) atoms. The van der Waals surface area contributed by atoms with Crippen molar-refractivity contribution in [2.75, 3.05) is 13.1 Å². The normalized spacial score (nSPS) is 25.1. The van der Waals surface area contributed by atoms with Gasteiger partial charge in [-0.3, -0.25) is 4.79 Å². The van der Waals surface area contributed by atoms with Gasteiger partial charge in [0, 0.05) is 31.3 Å². The number of likely N-dealkylation sites (tertiary alicyclic amines) is 1. The third-order valence-corrected chi connectivity index (χ3v) is 4.64. The first kappa shape index (κ1) is 15.3. The maximum Gasteiger partial charge on any atom is 0.229 e. The van der Waals surface area contributed by atoms with E-state index < -0.39 is 0 Å². The number of hydrogen-bond donors (Lipinski definition) is 0. The molecular weight excluding hydrogens is 278 g/mol. The summed E-state index contributed by atoms with van der Waals surface area (Å²) < 4.78 is 5.31. The molecule has 2 heterocycles. The van der Waals surface area contributed by atoms with Gasteiger partial charge in [-0.05, 0) is 31.6 Å². The van der Waals surface area contributed by atoms with Crippen molar-refractivity contribution in [2.45, 2.75) is 57.8 Å². The molecule has 120 valence electrons. The third kappa shape index (κ3) is 3.39. The summed E-state index contributed by atoms with van der Waals surface area (Å²) in [5.41, 5.74) is 0. The molecule has 0 bridgehead atoms. The standard InChI is InChI=1S/C17H25N3O2/c1-12(2)17-18-16(19-22-17)14-8-5-9-20(11-14)15(21)10-13-6-3-4-7-13/h3,6,12-14H,4-5,7-11H2,1-2H3/t13-,14+/m1/s1. The van der Waals surface area contributed by atoms with Crippen LogP contribution in [0.25, 0.3) is 0 Å². The van der Waals surface area contributed by atoms with Crippen LogP contribution in [-0.4, -0.2) is 34.0 Å². The molecule has 1 saturated heterocycles. The number of piperidine rings is 1. The predicted molar refractivity (Wildman–Crippen MR) is 83.4 cm³/mol. The highest BCUT2D eigenvalue weighted by Crippen LogP contribution is 2.28. The molecule has 1 aromatic heterocycles. The summed E-state index contributed by atoms with van der Waals surface area (Å²) in [7, 11) is 0. The maximum absolute atomic E-state index is 12.5. The molecule has 1 aliphatic heterocycles. The Hall–Kier alpha value is -1.65. The zero-order chi connectivity index (χ0) is 15.5. The van der Waals surface area contributed by atoms with Crippen LogP contribution in [0.4, 0.5) is 0 Å². The number of allylic oxidation sites excluding steroid dienone is 2. The Balaban J connectivity index is 1.60. The molecule has 0 aromatic carbocycles. The van der Waals surface area contributed by atoms with Gasteiger partial charge in [0.25, 0.3) is 0 Å². The lowest BCUT2D eigenvalue weighted by atomic mass is 9.96. The molecule has 0 spiro atoms. The average molecular weight is 303 g/mol. The summed E-state index contributed by atoms with van der Waals surface area (Å²) in [6.45, 7) is 5.68. The lowest BCUT2D eigenvalue weighted by molar-refractivity contribution is -0.133. The van der Waals surface area contributed by atoms with E-state index in [1.807, 2.05) is 18.7 Å². The lowest BCUT2D eigenvalue weighted by Crippen LogP contribution is -2.39. The quantitative estimate of drug-likeness (QED) is 0.801. The predicted octanol–water partition coefficient (Wildman–Crippen LogP) is 3.26. The first-order valence-corrected chi connectivity index (χ1v) is 8.41. The number of carbonyl (C=O) groups excluding carboxylic acids is 1. The van der Waals surface area contributed by atoms with Crippen LogP contribution in [0.15, 0.2) is 16.7 Å².